The molecule has 0 aliphatic carbocycles. The number of amides is 1. The van der Waals surface area contributed by atoms with Crippen LogP contribution < -0.4 is 0 Å². The zero-order chi connectivity index (χ0) is 13.9. The summed E-state index contributed by atoms with van der Waals surface area (Å²) >= 11 is 0. The molecule has 0 aromatic rings. The SMILES string of the molecule is CC(C)(C)OC(=O)N1C[C@@H](F)CC1/C=C/C(=O)O. The van der Waals surface area contributed by atoms with Crippen molar-refractivity contribution in [3.8, 4) is 0 Å². The van der Waals surface area contributed by atoms with Gasteiger partial charge in [0.2, 0.25) is 0 Å². The quantitative estimate of drug-likeness (QED) is 0.770. The maximum atomic E-state index is 13.3. The predicted molar refractivity (Wildman–Crippen MR) is 63.0 cm³/mol. The van der Waals surface area contributed by atoms with E-state index < -0.39 is 29.9 Å². The zero-order valence-electron chi connectivity index (χ0n) is 10.7. The fourth-order valence-electron chi connectivity index (χ4n) is 1.72. The summed E-state index contributed by atoms with van der Waals surface area (Å²) in [5.74, 6) is -1.12. The molecule has 0 aromatic heterocycles. The Morgan fingerprint density at radius 2 is 2.06 bits per heavy atom. The second-order valence-electron chi connectivity index (χ2n) is 5.23. The van der Waals surface area contributed by atoms with Crippen LogP contribution in [0.2, 0.25) is 0 Å². The van der Waals surface area contributed by atoms with Gasteiger partial charge in [-0.15, -0.1) is 0 Å². The molecule has 1 rings (SSSR count). The molecule has 0 radical (unpaired) electrons. The smallest absolute Gasteiger partial charge is 0.410 e. The average Bonchev–Trinajstić information content (AvgIpc) is 2.54. The third-order valence-corrected chi connectivity index (χ3v) is 2.38. The molecule has 0 bridgehead atoms. The molecule has 1 aliphatic heterocycles. The lowest BCUT2D eigenvalue weighted by Crippen LogP contribution is -2.39. The van der Waals surface area contributed by atoms with Gasteiger partial charge >= 0.3 is 12.1 Å². The van der Waals surface area contributed by atoms with Crippen LogP contribution in [-0.2, 0) is 9.53 Å². The lowest BCUT2D eigenvalue weighted by Gasteiger charge is -2.27. The molecular formula is C12H18FNO4. The van der Waals surface area contributed by atoms with Crippen LogP contribution in [0.25, 0.3) is 0 Å². The van der Waals surface area contributed by atoms with E-state index in [9.17, 15) is 14.0 Å². The Labute approximate surface area is 105 Å². The second-order valence-corrected chi connectivity index (χ2v) is 5.23. The summed E-state index contributed by atoms with van der Waals surface area (Å²) in [7, 11) is 0. The van der Waals surface area contributed by atoms with Crippen molar-refractivity contribution < 1.29 is 23.8 Å². The molecule has 1 aliphatic rings. The van der Waals surface area contributed by atoms with Gasteiger partial charge in [0.1, 0.15) is 11.8 Å². The van der Waals surface area contributed by atoms with Crippen LogP contribution in [0.4, 0.5) is 9.18 Å². The predicted octanol–water partition coefficient (Wildman–Crippen LogP) is 1.97. The van der Waals surface area contributed by atoms with Crippen molar-refractivity contribution >= 4 is 12.1 Å². The van der Waals surface area contributed by atoms with Crippen LogP contribution in [0.15, 0.2) is 12.2 Å². The highest BCUT2D eigenvalue weighted by Gasteiger charge is 2.36. The number of rotatable bonds is 2. The van der Waals surface area contributed by atoms with E-state index in [1.807, 2.05) is 0 Å². The van der Waals surface area contributed by atoms with E-state index in [-0.39, 0.29) is 13.0 Å². The molecular weight excluding hydrogens is 241 g/mol. The normalized spacial score (nSPS) is 24.6. The van der Waals surface area contributed by atoms with E-state index in [1.165, 1.54) is 11.0 Å². The summed E-state index contributed by atoms with van der Waals surface area (Å²) in [5, 5.41) is 8.54. The van der Waals surface area contributed by atoms with E-state index in [0.717, 1.165) is 6.08 Å². The van der Waals surface area contributed by atoms with E-state index in [2.05, 4.69) is 0 Å². The van der Waals surface area contributed by atoms with Crippen molar-refractivity contribution in [1.82, 2.24) is 4.90 Å². The van der Waals surface area contributed by atoms with Gasteiger partial charge in [-0.1, -0.05) is 6.08 Å². The molecule has 0 spiro atoms. The maximum absolute atomic E-state index is 13.3. The molecule has 0 saturated carbocycles. The number of hydrogen-bond acceptors (Lipinski definition) is 3. The van der Waals surface area contributed by atoms with Crippen LogP contribution in [0.1, 0.15) is 27.2 Å². The van der Waals surface area contributed by atoms with Crippen molar-refractivity contribution in [2.24, 2.45) is 0 Å². The molecule has 5 nitrogen and oxygen atoms in total. The first-order chi connectivity index (χ1) is 8.19. The Morgan fingerprint density at radius 1 is 1.44 bits per heavy atom. The first-order valence-electron chi connectivity index (χ1n) is 5.74. The molecule has 2 atom stereocenters. The number of carbonyl (C=O) groups is 2. The van der Waals surface area contributed by atoms with Crippen LogP contribution in [0, 0.1) is 0 Å². The number of halogens is 1. The monoisotopic (exact) mass is 259 g/mol. The minimum absolute atomic E-state index is 0.0659. The fourth-order valence-corrected chi connectivity index (χ4v) is 1.72. The van der Waals surface area contributed by atoms with Crippen molar-refractivity contribution in [2.75, 3.05) is 6.54 Å². The fraction of sp³-hybridized carbons (Fsp3) is 0.667. The van der Waals surface area contributed by atoms with E-state index >= 15 is 0 Å². The standard InChI is InChI=1S/C12H18FNO4/c1-12(2,3)18-11(17)14-7-8(13)6-9(14)4-5-10(15)16/h4-5,8-9H,6-7H2,1-3H3,(H,15,16)/b5-4+/t8-,9?/m0/s1. The van der Waals surface area contributed by atoms with Crippen LogP contribution >= 0.6 is 0 Å². The second kappa shape index (κ2) is 5.37. The maximum Gasteiger partial charge on any atom is 0.410 e. The van der Waals surface area contributed by atoms with Crippen LogP contribution in [0.5, 0.6) is 0 Å². The van der Waals surface area contributed by atoms with Gasteiger partial charge in [0, 0.05) is 12.5 Å². The third-order valence-electron chi connectivity index (χ3n) is 2.38. The van der Waals surface area contributed by atoms with Gasteiger partial charge < -0.3 is 9.84 Å². The highest BCUT2D eigenvalue weighted by molar-refractivity contribution is 5.80. The molecule has 1 fully saturated rings. The number of carbonyl (C=O) groups excluding carboxylic acids is 1. The average molecular weight is 259 g/mol. The summed E-state index contributed by atoms with van der Waals surface area (Å²) in [6, 6.07) is -0.564. The minimum atomic E-state index is -1.15. The van der Waals surface area contributed by atoms with Gasteiger partial charge in [0.25, 0.3) is 0 Å². The Hall–Kier alpha value is -1.59. The van der Waals surface area contributed by atoms with Gasteiger partial charge in [0.05, 0.1) is 12.6 Å². The zero-order valence-corrected chi connectivity index (χ0v) is 10.7. The summed E-state index contributed by atoms with van der Waals surface area (Å²) in [4.78, 5) is 23.5. The number of nitrogens with zero attached hydrogens (tertiary/aromatic N) is 1. The van der Waals surface area contributed by atoms with Gasteiger partial charge in [-0.2, -0.15) is 0 Å². The number of aliphatic carboxylic acids is 1. The molecule has 1 amide bonds. The highest BCUT2D eigenvalue weighted by atomic mass is 19.1. The Kier molecular flexibility index (Phi) is 4.32. The number of likely N-dealkylation sites (tertiary alicyclic amines) is 1. The first-order valence-corrected chi connectivity index (χ1v) is 5.74. The largest absolute Gasteiger partial charge is 0.478 e. The minimum Gasteiger partial charge on any atom is -0.478 e. The van der Waals surface area contributed by atoms with Crippen LogP contribution in [0.3, 0.4) is 0 Å². The van der Waals surface area contributed by atoms with Crippen molar-refractivity contribution in [2.45, 2.75) is 45.0 Å². The Bertz CT molecular complexity index is 362. The van der Waals surface area contributed by atoms with Gasteiger partial charge in [-0.25, -0.2) is 14.0 Å². The molecule has 0 aromatic carbocycles. The lowest BCUT2D eigenvalue weighted by molar-refractivity contribution is -0.131. The van der Waals surface area contributed by atoms with E-state index in [0.29, 0.717) is 0 Å². The number of hydrogen-bond donors (Lipinski definition) is 1. The number of carboxylic acids is 1. The molecule has 1 saturated heterocycles. The van der Waals surface area contributed by atoms with E-state index in [1.54, 1.807) is 20.8 Å². The van der Waals surface area contributed by atoms with Gasteiger partial charge in [-0.3, -0.25) is 4.90 Å². The van der Waals surface area contributed by atoms with E-state index in [4.69, 9.17) is 9.84 Å². The first kappa shape index (κ1) is 14.5. The molecule has 1 unspecified atom stereocenters. The summed E-state index contributed by atoms with van der Waals surface area (Å²) in [6.07, 6.45) is 0.554. The molecule has 1 N–H and O–H groups in total. The molecule has 102 valence electrons. The van der Waals surface area contributed by atoms with Crippen molar-refractivity contribution in [3.05, 3.63) is 12.2 Å². The number of carboxylic acid groups (broad SMARTS) is 1. The Balaban J connectivity index is 2.72. The van der Waals surface area contributed by atoms with Gasteiger partial charge in [-0.05, 0) is 20.8 Å². The molecule has 6 heteroatoms. The number of ether oxygens (including phenoxy) is 1. The summed E-state index contributed by atoms with van der Waals surface area (Å²) in [5.41, 5.74) is -0.660. The van der Waals surface area contributed by atoms with Crippen molar-refractivity contribution in [3.63, 3.8) is 0 Å². The molecule has 18 heavy (non-hydrogen) atoms. The Morgan fingerprint density at radius 3 is 2.56 bits per heavy atom. The van der Waals surface area contributed by atoms with Crippen LogP contribution in [-0.4, -0.2) is 46.4 Å². The number of alkyl halides is 1. The highest BCUT2D eigenvalue weighted by Crippen LogP contribution is 2.23. The topological polar surface area (TPSA) is 66.8 Å². The summed E-state index contributed by atoms with van der Waals surface area (Å²) in [6.45, 7) is 5.09. The summed E-state index contributed by atoms with van der Waals surface area (Å²) < 4.78 is 18.5. The van der Waals surface area contributed by atoms with Crippen molar-refractivity contribution in [1.29, 1.82) is 0 Å². The molecule has 1 heterocycles. The third kappa shape index (κ3) is 4.35. The van der Waals surface area contributed by atoms with Gasteiger partial charge in [0.15, 0.2) is 0 Å². The lowest BCUT2D eigenvalue weighted by atomic mass is 10.2.